The number of nitrogen functional groups attached to an aromatic ring is 1. The number of amides is 1. The van der Waals surface area contributed by atoms with Crippen LogP contribution < -0.4 is 15.8 Å². The molecule has 1 amide bonds. The Morgan fingerprint density at radius 3 is 2.83 bits per heavy atom. The number of pyridine rings is 1. The van der Waals surface area contributed by atoms with Crippen LogP contribution in [0.1, 0.15) is 22.1 Å². The number of benzene rings is 2. The summed E-state index contributed by atoms with van der Waals surface area (Å²) in [5.74, 6) is 0.367. The van der Waals surface area contributed by atoms with Crippen LogP contribution in [0.25, 0.3) is 33.5 Å². The minimum Gasteiger partial charge on any atom is -0.491 e. The Morgan fingerprint density at radius 2 is 1.97 bits per heavy atom. The van der Waals surface area contributed by atoms with Crippen LogP contribution in [-0.4, -0.2) is 37.2 Å². The maximum absolute atomic E-state index is 13.3. The second-order valence-electron chi connectivity index (χ2n) is 8.32. The third-order valence-electron chi connectivity index (χ3n) is 5.98. The van der Waals surface area contributed by atoms with E-state index >= 15 is 0 Å². The summed E-state index contributed by atoms with van der Waals surface area (Å²) in [5, 5.41) is 8.42. The van der Waals surface area contributed by atoms with Crippen molar-refractivity contribution in [3.63, 3.8) is 0 Å². The van der Waals surface area contributed by atoms with Gasteiger partial charge in [0, 0.05) is 36.0 Å². The van der Waals surface area contributed by atoms with Gasteiger partial charge in [-0.05, 0) is 30.3 Å². The van der Waals surface area contributed by atoms with Crippen LogP contribution in [0.15, 0.2) is 73.1 Å². The fourth-order valence-electron chi connectivity index (χ4n) is 4.27. The van der Waals surface area contributed by atoms with Crippen LogP contribution in [-0.2, 0) is 7.05 Å². The summed E-state index contributed by atoms with van der Waals surface area (Å²) < 4.78 is 7.37. The SMILES string of the molecule is Cn1ccc(-c2nc(N)c(C(=O)N[C@H]3COc4ccccc43)nc2-c2ccc3ncccc3c2)n1. The van der Waals surface area contributed by atoms with Crippen molar-refractivity contribution in [2.45, 2.75) is 6.04 Å². The van der Waals surface area contributed by atoms with Crippen molar-refractivity contribution in [3.8, 4) is 28.4 Å². The lowest BCUT2D eigenvalue weighted by atomic mass is 10.0. The fourth-order valence-corrected chi connectivity index (χ4v) is 4.27. The normalized spacial score (nSPS) is 14.5. The highest BCUT2D eigenvalue weighted by Crippen LogP contribution is 2.34. The highest BCUT2D eigenvalue weighted by Gasteiger charge is 2.28. The molecule has 6 rings (SSSR count). The smallest absolute Gasteiger partial charge is 0.274 e. The first-order valence-electron chi connectivity index (χ1n) is 11.1. The van der Waals surface area contributed by atoms with Gasteiger partial charge in [0.25, 0.3) is 5.91 Å². The van der Waals surface area contributed by atoms with E-state index in [1.807, 2.05) is 73.9 Å². The van der Waals surface area contributed by atoms with E-state index in [4.69, 9.17) is 15.5 Å². The van der Waals surface area contributed by atoms with Gasteiger partial charge in [-0.25, -0.2) is 9.97 Å². The molecule has 0 bridgehead atoms. The van der Waals surface area contributed by atoms with Gasteiger partial charge in [0.2, 0.25) is 0 Å². The van der Waals surface area contributed by atoms with Crippen molar-refractivity contribution >= 4 is 22.6 Å². The Morgan fingerprint density at radius 1 is 1.09 bits per heavy atom. The number of nitrogens with two attached hydrogens (primary N) is 1. The van der Waals surface area contributed by atoms with Crippen LogP contribution >= 0.6 is 0 Å². The molecule has 1 atom stereocenters. The first kappa shape index (κ1) is 20.8. The number of aryl methyl sites for hydroxylation is 1. The minimum absolute atomic E-state index is 0.0292. The number of rotatable bonds is 4. The van der Waals surface area contributed by atoms with Crippen LogP contribution in [0.4, 0.5) is 5.82 Å². The zero-order valence-corrected chi connectivity index (χ0v) is 18.8. The molecule has 3 aromatic heterocycles. The predicted molar refractivity (Wildman–Crippen MR) is 132 cm³/mol. The van der Waals surface area contributed by atoms with Gasteiger partial charge in [-0.1, -0.05) is 30.3 Å². The number of hydrogen-bond acceptors (Lipinski definition) is 7. The van der Waals surface area contributed by atoms with Crippen LogP contribution in [0.5, 0.6) is 5.75 Å². The van der Waals surface area contributed by atoms with E-state index in [2.05, 4.69) is 20.4 Å². The zero-order chi connectivity index (χ0) is 23.9. The highest BCUT2D eigenvalue weighted by atomic mass is 16.5. The molecule has 0 radical (unpaired) electrons. The second-order valence-corrected chi connectivity index (χ2v) is 8.32. The summed E-state index contributed by atoms with van der Waals surface area (Å²) in [6, 6.07) is 18.8. The van der Waals surface area contributed by atoms with Gasteiger partial charge in [-0.3, -0.25) is 14.5 Å². The van der Waals surface area contributed by atoms with E-state index in [9.17, 15) is 4.79 Å². The number of para-hydroxylation sites is 1. The van der Waals surface area contributed by atoms with Gasteiger partial charge in [-0.15, -0.1) is 0 Å². The van der Waals surface area contributed by atoms with Crippen LogP contribution in [0, 0.1) is 0 Å². The van der Waals surface area contributed by atoms with Gasteiger partial charge in [0.15, 0.2) is 11.5 Å². The number of fused-ring (bicyclic) bond motifs is 2. The van der Waals surface area contributed by atoms with Gasteiger partial charge in [0.05, 0.1) is 17.3 Å². The number of hydrogen-bond donors (Lipinski definition) is 2. The summed E-state index contributed by atoms with van der Waals surface area (Å²) in [5.41, 5.74) is 10.5. The number of ether oxygens (including phenoxy) is 1. The number of carbonyl (C=O) groups is 1. The third-order valence-corrected chi connectivity index (χ3v) is 5.98. The molecule has 0 spiro atoms. The first-order valence-corrected chi connectivity index (χ1v) is 11.1. The molecular formula is C26H21N7O2. The van der Waals surface area contributed by atoms with Crippen LogP contribution in [0.2, 0.25) is 0 Å². The average Bonchev–Trinajstić information content (AvgIpc) is 3.50. The fraction of sp³-hybridized carbons (Fsp3) is 0.115. The molecule has 3 N–H and O–H groups in total. The molecule has 5 aromatic rings. The summed E-state index contributed by atoms with van der Waals surface area (Å²) >= 11 is 0. The summed E-state index contributed by atoms with van der Waals surface area (Å²) in [6.45, 7) is 0.342. The van der Waals surface area contributed by atoms with Gasteiger partial charge >= 0.3 is 0 Å². The minimum atomic E-state index is -0.420. The van der Waals surface area contributed by atoms with Gasteiger partial charge in [0.1, 0.15) is 23.7 Å². The van der Waals surface area contributed by atoms with Crippen molar-refractivity contribution in [2.24, 2.45) is 7.05 Å². The molecule has 1 aliphatic rings. The summed E-state index contributed by atoms with van der Waals surface area (Å²) in [7, 11) is 1.82. The molecule has 9 heteroatoms. The lowest BCUT2D eigenvalue weighted by molar-refractivity contribution is 0.0926. The van der Waals surface area contributed by atoms with E-state index < -0.39 is 5.91 Å². The molecule has 2 aromatic carbocycles. The predicted octanol–water partition coefficient (Wildman–Crippen LogP) is 3.54. The molecule has 1 aliphatic heterocycles. The molecule has 0 saturated heterocycles. The second kappa shape index (κ2) is 8.21. The Labute approximate surface area is 200 Å². The maximum atomic E-state index is 13.3. The molecule has 0 aliphatic carbocycles. The standard InChI is InChI=1S/C26H21N7O2/c1-33-12-10-19(32-33)23-22(16-8-9-18-15(13-16)5-4-11-28-18)30-24(25(27)31-23)26(34)29-20-14-35-21-7-3-2-6-17(20)21/h2-13,20H,14H2,1H3,(H2,27,31)(H,29,34)/t20-/m0/s1. The van der Waals surface area contributed by atoms with Gasteiger partial charge < -0.3 is 15.8 Å². The monoisotopic (exact) mass is 463 g/mol. The molecule has 4 heterocycles. The largest absolute Gasteiger partial charge is 0.491 e. The number of nitrogens with one attached hydrogen (secondary N) is 1. The quantitative estimate of drug-likeness (QED) is 0.418. The molecule has 0 fully saturated rings. The summed E-state index contributed by atoms with van der Waals surface area (Å²) in [4.78, 5) is 27.0. The van der Waals surface area contributed by atoms with E-state index in [-0.39, 0.29) is 17.6 Å². The molecule has 0 saturated carbocycles. The molecular weight excluding hydrogens is 442 g/mol. The topological polar surface area (TPSA) is 121 Å². The van der Waals surface area contributed by atoms with E-state index in [1.54, 1.807) is 10.9 Å². The molecule has 172 valence electrons. The number of carbonyl (C=O) groups excluding carboxylic acids is 1. The third kappa shape index (κ3) is 3.72. The first-order chi connectivity index (χ1) is 17.1. The number of anilines is 1. The van der Waals surface area contributed by atoms with Crippen molar-refractivity contribution in [1.29, 1.82) is 0 Å². The van der Waals surface area contributed by atoms with Crippen LogP contribution in [0.3, 0.4) is 0 Å². The van der Waals surface area contributed by atoms with Crippen molar-refractivity contribution in [2.75, 3.05) is 12.3 Å². The van der Waals surface area contributed by atoms with E-state index in [0.717, 1.165) is 27.8 Å². The highest BCUT2D eigenvalue weighted by molar-refractivity contribution is 5.98. The van der Waals surface area contributed by atoms with Crippen molar-refractivity contribution < 1.29 is 9.53 Å². The maximum Gasteiger partial charge on any atom is 0.274 e. The lowest BCUT2D eigenvalue weighted by Gasteiger charge is -2.15. The molecule has 0 unspecified atom stereocenters. The average molecular weight is 464 g/mol. The van der Waals surface area contributed by atoms with E-state index in [0.29, 0.717) is 23.7 Å². The zero-order valence-electron chi connectivity index (χ0n) is 18.8. The van der Waals surface area contributed by atoms with E-state index in [1.165, 1.54) is 0 Å². The Hall–Kier alpha value is -4.79. The molecule has 35 heavy (non-hydrogen) atoms. The molecule has 9 nitrogen and oxygen atoms in total. The summed E-state index contributed by atoms with van der Waals surface area (Å²) in [6.07, 6.45) is 3.57. The Balaban J connectivity index is 1.44. The lowest BCUT2D eigenvalue weighted by Crippen LogP contribution is -2.31. The Bertz CT molecular complexity index is 1590. The number of aromatic nitrogens is 5. The van der Waals surface area contributed by atoms with Gasteiger partial charge in [-0.2, -0.15) is 5.10 Å². The van der Waals surface area contributed by atoms with Crippen molar-refractivity contribution in [1.82, 2.24) is 30.0 Å². The number of nitrogens with zero attached hydrogens (tertiary/aromatic N) is 5. The van der Waals surface area contributed by atoms with Crippen molar-refractivity contribution in [3.05, 3.63) is 84.3 Å². The Kier molecular flexibility index (Phi) is 4.88.